The van der Waals surface area contributed by atoms with E-state index in [4.69, 9.17) is 4.74 Å². The quantitative estimate of drug-likeness (QED) is 0.728. The van der Waals surface area contributed by atoms with Crippen molar-refractivity contribution >= 4 is 35.0 Å². The number of methoxy groups -OCH3 is 1. The normalized spacial score (nSPS) is 12.6. The molecule has 2 heterocycles. The molecule has 6 nitrogen and oxygen atoms in total. The van der Waals surface area contributed by atoms with Gasteiger partial charge in [-0.15, -0.1) is 0 Å². The minimum absolute atomic E-state index is 0.150. The van der Waals surface area contributed by atoms with Crippen molar-refractivity contribution in [1.29, 1.82) is 0 Å². The van der Waals surface area contributed by atoms with Gasteiger partial charge in [0.2, 0.25) is 0 Å². The van der Waals surface area contributed by atoms with Crippen LogP contribution in [0.2, 0.25) is 0 Å². The Morgan fingerprint density at radius 1 is 1.14 bits per heavy atom. The van der Waals surface area contributed by atoms with Crippen LogP contribution in [-0.4, -0.2) is 31.0 Å². The Balaban J connectivity index is 1.66. The number of carbonyl (C=O) groups is 2. The van der Waals surface area contributed by atoms with E-state index >= 15 is 0 Å². The highest BCUT2D eigenvalue weighted by atomic mass is 32.2. The van der Waals surface area contributed by atoms with Crippen LogP contribution in [0.4, 0.5) is 11.4 Å². The van der Waals surface area contributed by atoms with Gasteiger partial charge in [0.1, 0.15) is 10.8 Å². The number of carbonyl (C=O) groups excluding carboxylic acids is 2. The number of nitrogens with zero attached hydrogens (tertiary/aromatic N) is 2. The first kappa shape index (κ1) is 18.1. The number of hydrogen-bond acceptors (Lipinski definition) is 5. The van der Waals surface area contributed by atoms with Crippen LogP contribution in [0.5, 0.6) is 5.75 Å². The first-order chi connectivity index (χ1) is 13.6. The molecule has 28 heavy (non-hydrogen) atoms. The Kier molecular flexibility index (Phi) is 4.75. The van der Waals surface area contributed by atoms with Gasteiger partial charge in [-0.25, -0.2) is 4.98 Å². The Hall–Kier alpha value is -3.32. The van der Waals surface area contributed by atoms with E-state index < -0.39 is 0 Å². The lowest BCUT2D eigenvalue weighted by molar-refractivity contribution is 0.0987. The summed E-state index contributed by atoms with van der Waals surface area (Å²) in [6.45, 7) is 0. The first-order valence-electron chi connectivity index (χ1n) is 8.58. The largest absolute Gasteiger partial charge is 0.496 e. The molecule has 0 saturated heterocycles. The molecule has 1 aliphatic heterocycles. The summed E-state index contributed by atoms with van der Waals surface area (Å²) in [4.78, 5) is 32.4. The maximum Gasteiger partial charge on any atom is 0.259 e. The molecule has 0 atom stereocenters. The van der Waals surface area contributed by atoms with E-state index in [1.54, 1.807) is 60.6 Å². The van der Waals surface area contributed by atoms with Gasteiger partial charge >= 0.3 is 0 Å². The summed E-state index contributed by atoms with van der Waals surface area (Å²) >= 11 is 1.43. The number of ether oxygens (including phenoxy) is 1. The van der Waals surface area contributed by atoms with Crippen LogP contribution in [0.1, 0.15) is 20.7 Å². The van der Waals surface area contributed by atoms with Gasteiger partial charge in [0.05, 0.1) is 23.9 Å². The lowest BCUT2D eigenvalue weighted by Gasteiger charge is -2.16. The summed E-state index contributed by atoms with van der Waals surface area (Å²) in [6, 6.07) is 16.0. The van der Waals surface area contributed by atoms with E-state index in [0.29, 0.717) is 22.6 Å². The van der Waals surface area contributed by atoms with Crippen molar-refractivity contribution in [3.8, 4) is 5.75 Å². The van der Waals surface area contributed by atoms with E-state index in [9.17, 15) is 9.59 Å². The molecule has 7 heteroatoms. The highest BCUT2D eigenvalue weighted by Crippen LogP contribution is 2.40. The Morgan fingerprint density at radius 3 is 2.79 bits per heavy atom. The number of nitrogens with one attached hydrogen (secondary N) is 1. The molecule has 140 valence electrons. The monoisotopic (exact) mass is 391 g/mol. The second kappa shape index (κ2) is 7.36. The predicted octanol–water partition coefficient (Wildman–Crippen LogP) is 4.08. The minimum atomic E-state index is -0.301. The van der Waals surface area contributed by atoms with Crippen molar-refractivity contribution in [2.75, 3.05) is 24.4 Å². The molecule has 1 aliphatic rings. The summed E-state index contributed by atoms with van der Waals surface area (Å²) in [5.41, 5.74) is 2.24. The minimum Gasteiger partial charge on any atom is -0.496 e. The number of rotatable bonds is 3. The zero-order valence-electron chi connectivity index (χ0n) is 15.3. The maximum absolute atomic E-state index is 13.0. The van der Waals surface area contributed by atoms with Crippen molar-refractivity contribution in [1.82, 2.24) is 4.98 Å². The van der Waals surface area contributed by atoms with Crippen molar-refractivity contribution in [3.05, 3.63) is 71.9 Å². The maximum atomic E-state index is 13.0. The topological polar surface area (TPSA) is 71.5 Å². The number of fused-ring (bicyclic) bond motifs is 2. The van der Waals surface area contributed by atoms with Gasteiger partial charge < -0.3 is 15.0 Å². The van der Waals surface area contributed by atoms with Crippen molar-refractivity contribution in [2.24, 2.45) is 0 Å². The Bertz CT molecular complexity index is 1080. The molecule has 2 amide bonds. The van der Waals surface area contributed by atoms with E-state index in [-0.39, 0.29) is 11.8 Å². The van der Waals surface area contributed by atoms with E-state index in [2.05, 4.69) is 10.3 Å². The molecule has 0 unspecified atom stereocenters. The van der Waals surface area contributed by atoms with Crippen LogP contribution >= 0.6 is 11.8 Å². The third-order valence-electron chi connectivity index (χ3n) is 4.44. The number of pyridine rings is 1. The third-order valence-corrected chi connectivity index (χ3v) is 5.53. The highest BCUT2D eigenvalue weighted by molar-refractivity contribution is 7.99. The Morgan fingerprint density at radius 2 is 1.96 bits per heavy atom. The lowest BCUT2D eigenvalue weighted by atomic mass is 10.1. The predicted molar refractivity (Wildman–Crippen MR) is 108 cm³/mol. The molecule has 1 N–H and O–H groups in total. The number of para-hydroxylation sites is 1. The number of anilines is 2. The van der Waals surface area contributed by atoms with Crippen LogP contribution in [0.3, 0.4) is 0 Å². The fraction of sp³-hybridized carbons (Fsp3) is 0.0952. The molecule has 2 aromatic carbocycles. The molecule has 3 aromatic rings. The molecule has 0 saturated carbocycles. The van der Waals surface area contributed by atoms with E-state index in [1.165, 1.54) is 18.9 Å². The smallest absolute Gasteiger partial charge is 0.259 e. The Labute approximate surface area is 166 Å². The number of benzene rings is 2. The van der Waals surface area contributed by atoms with Gasteiger partial charge in [-0.2, -0.15) is 0 Å². The summed E-state index contributed by atoms with van der Waals surface area (Å²) in [6.07, 6.45) is 1.71. The summed E-state index contributed by atoms with van der Waals surface area (Å²) in [5, 5.41) is 3.61. The molecular formula is C21H17N3O3S. The standard InChI is InChI=1S/C21H17N3O3S/c1-24-16-7-5-11-22-20(16)28-18-10-9-13(12-15(18)21(24)26)23-19(25)14-6-3-4-8-17(14)27-2/h3-12H,1-2H3,(H,23,25). The SMILES string of the molecule is COc1ccccc1C(=O)Nc1ccc2c(c1)C(=O)N(C)c1cccnc1S2. The summed E-state index contributed by atoms with van der Waals surface area (Å²) in [7, 11) is 3.24. The molecular weight excluding hydrogens is 374 g/mol. The number of aromatic nitrogens is 1. The second-order valence-corrected chi connectivity index (χ2v) is 7.19. The molecule has 0 radical (unpaired) electrons. The van der Waals surface area contributed by atoms with Crippen LogP contribution in [0.25, 0.3) is 0 Å². The van der Waals surface area contributed by atoms with Crippen LogP contribution in [-0.2, 0) is 0 Å². The van der Waals surface area contributed by atoms with Crippen LogP contribution in [0, 0.1) is 0 Å². The zero-order valence-corrected chi connectivity index (χ0v) is 16.1. The summed E-state index contributed by atoms with van der Waals surface area (Å²) in [5.74, 6) is 0.0368. The highest BCUT2D eigenvalue weighted by Gasteiger charge is 2.26. The van der Waals surface area contributed by atoms with Gasteiger partial charge in [-0.05, 0) is 42.5 Å². The van der Waals surface area contributed by atoms with Crippen molar-refractivity contribution in [2.45, 2.75) is 9.92 Å². The van der Waals surface area contributed by atoms with E-state index in [1.807, 2.05) is 12.1 Å². The molecule has 0 bridgehead atoms. The molecule has 0 fully saturated rings. The van der Waals surface area contributed by atoms with Gasteiger partial charge in [-0.1, -0.05) is 23.9 Å². The van der Waals surface area contributed by atoms with Crippen molar-refractivity contribution < 1.29 is 14.3 Å². The molecule has 4 rings (SSSR count). The molecule has 0 spiro atoms. The number of hydrogen-bond donors (Lipinski definition) is 1. The van der Waals surface area contributed by atoms with Crippen LogP contribution in [0.15, 0.2) is 70.7 Å². The molecule has 0 aliphatic carbocycles. The lowest BCUT2D eigenvalue weighted by Crippen LogP contribution is -2.26. The van der Waals surface area contributed by atoms with Gasteiger partial charge in [0.15, 0.2) is 0 Å². The van der Waals surface area contributed by atoms with Crippen molar-refractivity contribution in [3.63, 3.8) is 0 Å². The average Bonchev–Trinajstić information content (AvgIpc) is 2.83. The van der Waals surface area contributed by atoms with Gasteiger partial charge in [0, 0.05) is 23.8 Å². The fourth-order valence-corrected chi connectivity index (χ4v) is 4.03. The summed E-state index contributed by atoms with van der Waals surface area (Å²) < 4.78 is 5.25. The molecule has 1 aromatic heterocycles. The van der Waals surface area contributed by atoms with Crippen LogP contribution < -0.4 is 15.0 Å². The third kappa shape index (κ3) is 3.20. The second-order valence-electron chi connectivity index (χ2n) is 6.16. The average molecular weight is 391 g/mol. The van der Waals surface area contributed by atoms with Gasteiger partial charge in [0.25, 0.3) is 11.8 Å². The van der Waals surface area contributed by atoms with E-state index in [0.717, 1.165) is 15.6 Å². The fourth-order valence-electron chi connectivity index (χ4n) is 3.00. The number of amides is 2. The first-order valence-corrected chi connectivity index (χ1v) is 9.39. The van der Waals surface area contributed by atoms with Gasteiger partial charge in [-0.3, -0.25) is 9.59 Å². The zero-order chi connectivity index (χ0) is 19.7.